The van der Waals surface area contributed by atoms with Crippen LogP contribution in [0.1, 0.15) is 28.8 Å². The van der Waals surface area contributed by atoms with E-state index in [1.54, 1.807) is 31.3 Å². The first kappa shape index (κ1) is 20.3. The van der Waals surface area contributed by atoms with Crippen molar-refractivity contribution in [2.75, 3.05) is 26.7 Å². The van der Waals surface area contributed by atoms with Gasteiger partial charge in [-0.05, 0) is 61.7 Å². The predicted octanol–water partition coefficient (Wildman–Crippen LogP) is 3.07. The first-order chi connectivity index (χ1) is 14.5. The second kappa shape index (κ2) is 8.38. The number of phenols is 2. The van der Waals surface area contributed by atoms with Crippen LogP contribution in [0.5, 0.6) is 11.5 Å². The highest BCUT2D eigenvalue weighted by Crippen LogP contribution is 2.39. The molecule has 4 N–H and O–H groups in total. The maximum atomic E-state index is 12.9. The molecule has 0 spiro atoms. The number of phenolic OH excluding ortho intramolecular Hbond substituents is 2. The van der Waals surface area contributed by atoms with Crippen molar-refractivity contribution >= 4 is 16.9 Å². The molecule has 30 heavy (non-hydrogen) atoms. The Labute approximate surface area is 174 Å². The molecule has 1 saturated heterocycles. The van der Waals surface area contributed by atoms with Gasteiger partial charge in [0.2, 0.25) is 0 Å². The van der Waals surface area contributed by atoms with E-state index in [9.17, 15) is 20.1 Å². The van der Waals surface area contributed by atoms with Gasteiger partial charge in [0.15, 0.2) is 0 Å². The van der Waals surface area contributed by atoms with E-state index in [4.69, 9.17) is 4.42 Å². The average Bonchev–Trinajstić information content (AvgIpc) is 3.15. The molecule has 1 atom stereocenters. The third kappa shape index (κ3) is 3.74. The number of benzene rings is 2. The minimum atomic E-state index is -0.310. The number of rotatable bonds is 5. The van der Waals surface area contributed by atoms with Crippen LogP contribution >= 0.6 is 0 Å². The summed E-state index contributed by atoms with van der Waals surface area (Å²) in [6.45, 7) is 2.21. The molecule has 7 heteroatoms. The summed E-state index contributed by atoms with van der Waals surface area (Å²) in [6.07, 6.45) is 1.97. The lowest BCUT2D eigenvalue weighted by atomic mass is 9.96. The summed E-state index contributed by atoms with van der Waals surface area (Å²) in [5.41, 5.74) is 2.17. The monoisotopic (exact) mass is 410 g/mol. The summed E-state index contributed by atoms with van der Waals surface area (Å²) in [7, 11) is 1.56. The number of carbonyl (C=O) groups excluding carboxylic acids is 1. The van der Waals surface area contributed by atoms with Crippen molar-refractivity contribution in [1.29, 1.82) is 0 Å². The molecular formula is C23H26N2O5. The summed E-state index contributed by atoms with van der Waals surface area (Å²) in [5, 5.41) is 33.1. The molecule has 0 aliphatic carbocycles. The molecule has 1 aromatic heterocycles. The van der Waals surface area contributed by atoms with Crippen LogP contribution in [0.15, 0.2) is 40.8 Å². The Hall–Kier alpha value is -3.03. The SMILES string of the molecule is CNC(=O)c1c(-c2ccc(O)cc2)oc2ccc(O)c(CN3CCCC(CO)C3)c12. The fourth-order valence-electron chi connectivity index (χ4n) is 4.23. The summed E-state index contributed by atoms with van der Waals surface area (Å²) in [5.74, 6) is 0.532. The van der Waals surface area contributed by atoms with Crippen molar-refractivity contribution in [3.8, 4) is 22.8 Å². The van der Waals surface area contributed by atoms with E-state index in [1.165, 1.54) is 12.1 Å². The van der Waals surface area contributed by atoms with E-state index in [0.29, 0.717) is 40.0 Å². The third-order valence-electron chi connectivity index (χ3n) is 5.77. The van der Waals surface area contributed by atoms with Crippen molar-refractivity contribution in [3.05, 3.63) is 47.5 Å². The number of piperidine rings is 1. The quantitative estimate of drug-likeness (QED) is 0.515. The molecule has 7 nitrogen and oxygen atoms in total. The summed E-state index contributed by atoms with van der Waals surface area (Å²) in [6, 6.07) is 9.71. The molecule has 1 unspecified atom stereocenters. The van der Waals surface area contributed by atoms with Gasteiger partial charge >= 0.3 is 0 Å². The van der Waals surface area contributed by atoms with Crippen LogP contribution in [0.4, 0.5) is 0 Å². The zero-order valence-electron chi connectivity index (χ0n) is 16.9. The van der Waals surface area contributed by atoms with Gasteiger partial charge in [-0.15, -0.1) is 0 Å². The number of hydrogen-bond acceptors (Lipinski definition) is 6. The lowest BCUT2D eigenvalue weighted by Gasteiger charge is -2.32. The van der Waals surface area contributed by atoms with Gasteiger partial charge in [0.25, 0.3) is 5.91 Å². The van der Waals surface area contributed by atoms with Gasteiger partial charge in [-0.1, -0.05) is 0 Å². The van der Waals surface area contributed by atoms with E-state index >= 15 is 0 Å². The lowest BCUT2D eigenvalue weighted by molar-refractivity contribution is 0.0964. The molecule has 0 bridgehead atoms. The number of hydrogen-bond donors (Lipinski definition) is 4. The fourth-order valence-corrected chi connectivity index (χ4v) is 4.23. The van der Waals surface area contributed by atoms with Crippen molar-refractivity contribution in [2.24, 2.45) is 5.92 Å². The Morgan fingerprint density at radius 1 is 1.20 bits per heavy atom. The predicted molar refractivity (Wildman–Crippen MR) is 113 cm³/mol. The average molecular weight is 410 g/mol. The summed E-state index contributed by atoms with van der Waals surface area (Å²) >= 11 is 0. The number of likely N-dealkylation sites (tertiary alicyclic amines) is 1. The zero-order chi connectivity index (χ0) is 21.3. The second-order valence-corrected chi connectivity index (χ2v) is 7.79. The van der Waals surface area contributed by atoms with E-state index in [1.807, 2.05) is 0 Å². The Balaban J connectivity index is 1.85. The largest absolute Gasteiger partial charge is 0.508 e. The molecule has 2 aromatic carbocycles. The number of fused-ring (bicyclic) bond motifs is 1. The van der Waals surface area contributed by atoms with E-state index in [2.05, 4.69) is 10.2 Å². The number of amides is 1. The first-order valence-electron chi connectivity index (χ1n) is 10.1. The first-order valence-corrected chi connectivity index (χ1v) is 10.1. The highest BCUT2D eigenvalue weighted by atomic mass is 16.3. The fraction of sp³-hybridized carbons (Fsp3) is 0.348. The van der Waals surface area contributed by atoms with Crippen LogP contribution in [0.25, 0.3) is 22.3 Å². The molecular weight excluding hydrogens is 384 g/mol. The van der Waals surface area contributed by atoms with Gasteiger partial charge < -0.3 is 25.1 Å². The van der Waals surface area contributed by atoms with E-state index in [0.717, 1.165) is 25.9 Å². The third-order valence-corrected chi connectivity index (χ3v) is 5.77. The minimum Gasteiger partial charge on any atom is -0.508 e. The molecule has 0 saturated carbocycles. The molecule has 1 aliphatic heterocycles. The topological polar surface area (TPSA) is 106 Å². The summed E-state index contributed by atoms with van der Waals surface area (Å²) < 4.78 is 6.06. The van der Waals surface area contributed by atoms with E-state index in [-0.39, 0.29) is 29.9 Å². The van der Waals surface area contributed by atoms with Crippen molar-refractivity contribution in [1.82, 2.24) is 10.2 Å². The number of nitrogens with zero attached hydrogens (tertiary/aromatic N) is 1. The number of aromatic hydroxyl groups is 2. The Morgan fingerprint density at radius 3 is 2.67 bits per heavy atom. The van der Waals surface area contributed by atoms with Crippen molar-refractivity contribution in [2.45, 2.75) is 19.4 Å². The molecule has 0 radical (unpaired) electrons. The van der Waals surface area contributed by atoms with Gasteiger partial charge in [0, 0.05) is 43.3 Å². The Kier molecular flexibility index (Phi) is 5.65. The Morgan fingerprint density at radius 2 is 1.97 bits per heavy atom. The number of aliphatic hydroxyl groups excluding tert-OH is 1. The van der Waals surface area contributed by atoms with Gasteiger partial charge in [-0.25, -0.2) is 0 Å². The number of furan rings is 1. The Bertz CT molecular complexity index is 1060. The van der Waals surface area contributed by atoms with Crippen molar-refractivity contribution in [3.63, 3.8) is 0 Å². The number of aliphatic hydroxyl groups is 1. The number of nitrogens with one attached hydrogen (secondary N) is 1. The van der Waals surface area contributed by atoms with Crippen LogP contribution in [0, 0.1) is 5.92 Å². The molecule has 158 valence electrons. The van der Waals surface area contributed by atoms with Gasteiger partial charge in [-0.2, -0.15) is 0 Å². The maximum Gasteiger partial charge on any atom is 0.255 e. The van der Waals surface area contributed by atoms with Crippen LogP contribution < -0.4 is 5.32 Å². The maximum absolute atomic E-state index is 12.9. The lowest BCUT2D eigenvalue weighted by Crippen LogP contribution is -2.36. The highest BCUT2D eigenvalue weighted by molar-refractivity contribution is 6.12. The standard InChI is InChI=1S/C23H26N2O5/c1-24-23(29)21-20-17(12-25-10-2-3-14(11-25)13-26)18(28)8-9-19(20)30-22(21)15-4-6-16(27)7-5-15/h4-9,14,26-28H,2-3,10-13H2,1H3,(H,24,29). The normalized spacial score (nSPS) is 17.3. The smallest absolute Gasteiger partial charge is 0.255 e. The molecule has 3 aromatic rings. The highest BCUT2D eigenvalue weighted by Gasteiger charge is 2.27. The van der Waals surface area contributed by atoms with Crippen LogP contribution in [-0.4, -0.2) is 52.9 Å². The molecule has 4 rings (SSSR count). The van der Waals surface area contributed by atoms with Crippen LogP contribution in [-0.2, 0) is 6.54 Å². The molecule has 1 fully saturated rings. The van der Waals surface area contributed by atoms with Gasteiger partial charge in [0.1, 0.15) is 22.8 Å². The van der Waals surface area contributed by atoms with Crippen molar-refractivity contribution < 1.29 is 24.5 Å². The number of carbonyl (C=O) groups is 1. The molecule has 2 heterocycles. The zero-order valence-corrected chi connectivity index (χ0v) is 16.9. The second-order valence-electron chi connectivity index (χ2n) is 7.79. The molecule has 1 aliphatic rings. The van der Waals surface area contributed by atoms with Crippen LogP contribution in [0.3, 0.4) is 0 Å². The van der Waals surface area contributed by atoms with E-state index < -0.39 is 0 Å². The summed E-state index contributed by atoms with van der Waals surface area (Å²) in [4.78, 5) is 15.0. The van der Waals surface area contributed by atoms with Crippen LogP contribution in [0.2, 0.25) is 0 Å². The van der Waals surface area contributed by atoms with Gasteiger partial charge in [-0.3, -0.25) is 9.69 Å². The molecule has 1 amide bonds. The van der Waals surface area contributed by atoms with Gasteiger partial charge in [0.05, 0.1) is 5.56 Å². The minimum absolute atomic E-state index is 0.108.